The van der Waals surface area contributed by atoms with Gasteiger partial charge in [-0.05, 0) is 42.2 Å². The van der Waals surface area contributed by atoms with Crippen molar-refractivity contribution in [2.75, 3.05) is 11.5 Å². The molecule has 2 aliphatic carbocycles. The number of aromatic nitrogens is 4. The van der Waals surface area contributed by atoms with Gasteiger partial charge in [-0.25, -0.2) is 9.13 Å². The molecule has 0 bridgehead atoms. The Bertz CT molecular complexity index is 1380. The highest BCUT2D eigenvalue weighted by molar-refractivity contribution is 7.94. The highest BCUT2D eigenvalue weighted by atomic mass is 32.2. The highest BCUT2D eigenvalue weighted by Crippen LogP contribution is 2.46. The predicted octanol–water partition coefficient (Wildman–Crippen LogP) is 1.77. The van der Waals surface area contributed by atoms with Gasteiger partial charge in [0.25, 0.3) is 0 Å². The SMILES string of the molecule is [O-]OOSCCC[n+]1cc2c3c(cncc3c1)CC1(Cc3cncc4c[n+](CCCSOO[O-])cc(c34)C1)C2. The van der Waals surface area contributed by atoms with Crippen LogP contribution in [0.1, 0.15) is 35.1 Å². The van der Waals surface area contributed by atoms with Crippen LogP contribution >= 0.6 is 24.1 Å². The number of aryl methyl sites for hydroxylation is 2. The Morgan fingerprint density at radius 3 is 1.59 bits per heavy atom. The number of nitrogens with zero attached hydrogens (tertiary/aromatic N) is 4. The molecule has 39 heavy (non-hydrogen) atoms. The standard InChI is InChI=1S/C27H28N4O6S2/c32-34-36-38-5-1-3-30-15-21-9-27(7-19-11-28-13-23(17-30)25(19)21)8-20-12-29-14-24-18-31(4-2-6-39-37-35-33)16-22(10-27)26(20)24/h11-18H,1-10H2. The van der Waals surface area contributed by atoms with Crippen molar-refractivity contribution in [2.45, 2.75) is 51.6 Å². The summed E-state index contributed by atoms with van der Waals surface area (Å²) >= 11 is 2.05. The second-order valence-corrected chi connectivity index (χ2v) is 12.0. The first-order valence-electron chi connectivity index (χ1n) is 12.9. The van der Waals surface area contributed by atoms with Gasteiger partial charge in [0.1, 0.15) is 13.1 Å². The van der Waals surface area contributed by atoms with E-state index < -0.39 is 0 Å². The van der Waals surface area contributed by atoms with Gasteiger partial charge in [-0.3, -0.25) is 20.0 Å². The summed E-state index contributed by atoms with van der Waals surface area (Å²) in [6.07, 6.45) is 22.5. The fraction of sp³-hybridized carbons (Fsp3) is 0.407. The zero-order chi connectivity index (χ0) is 26.7. The Kier molecular flexibility index (Phi) is 8.23. The molecule has 0 radical (unpaired) electrons. The average molecular weight is 569 g/mol. The molecule has 0 fully saturated rings. The Balaban J connectivity index is 1.28. The van der Waals surface area contributed by atoms with Gasteiger partial charge >= 0.3 is 0 Å². The van der Waals surface area contributed by atoms with Gasteiger partial charge in [-0.15, -0.1) is 0 Å². The van der Waals surface area contributed by atoms with E-state index >= 15 is 0 Å². The molecule has 0 saturated heterocycles. The first kappa shape index (κ1) is 26.8. The lowest BCUT2D eigenvalue weighted by Crippen LogP contribution is -2.41. The van der Waals surface area contributed by atoms with Crippen LogP contribution in [-0.4, -0.2) is 21.5 Å². The molecule has 0 saturated carbocycles. The lowest BCUT2D eigenvalue weighted by atomic mass is 9.63. The van der Waals surface area contributed by atoms with Crippen LogP contribution in [0.3, 0.4) is 0 Å². The highest BCUT2D eigenvalue weighted by Gasteiger charge is 2.41. The van der Waals surface area contributed by atoms with E-state index in [1.54, 1.807) is 0 Å². The quantitative estimate of drug-likeness (QED) is 0.0823. The Labute approximate surface area is 234 Å². The first-order valence-corrected chi connectivity index (χ1v) is 14.7. The second kappa shape index (κ2) is 12.0. The number of hydrogen-bond donors (Lipinski definition) is 0. The summed E-state index contributed by atoms with van der Waals surface area (Å²) < 4.78 is 13.3. The predicted molar refractivity (Wildman–Crippen MR) is 140 cm³/mol. The van der Waals surface area contributed by atoms with Gasteiger partial charge in [0.15, 0.2) is 24.8 Å². The molecule has 4 aromatic heterocycles. The Hall–Kier alpha value is -2.42. The fourth-order valence-corrected chi connectivity index (χ4v) is 7.20. The number of rotatable bonds is 12. The summed E-state index contributed by atoms with van der Waals surface area (Å²) in [4.78, 5) is 9.21. The smallest absolute Gasteiger partial charge is 0.178 e. The lowest BCUT2D eigenvalue weighted by molar-refractivity contribution is -0.777. The molecule has 1 spiro atoms. The number of hydrogen-bond acceptors (Lipinski definition) is 10. The summed E-state index contributed by atoms with van der Waals surface area (Å²) in [6.45, 7) is 1.62. The van der Waals surface area contributed by atoms with Crippen LogP contribution in [0, 0.1) is 5.41 Å². The molecule has 0 aliphatic heterocycles. The van der Waals surface area contributed by atoms with E-state index in [2.05, 4.69) is 62.6 Å². The van der Waals surface area contributed by atoms with E-state index in [0.29, 0.717) is 11.5 Å². The van der Waals surface area contributed by atoms with Crippen molar-refractivity contribution < 1.29 is 38.4 Å². The van der Waals surface area contributed by atoms with Crippen molar-refractivity contribution in [2.24, 2.45) is 5.41 Å². The molecule has 0 N–H and O–H groups in total. The van der Waals surface area contributed by atoms with Gasteiger partial charge in [-0.1, -0.05) is 0 Å². The van der Waals surface area contributed by atoms with Crippen molar-refractivity contribution >= 4 is 45.6 Å². The van der Waals surface area contributed by atoms with Crippen LogP contribution in [0.25, 0.3) is 21.5 Å². The molecule has 2 aliphatic rings. The maximum Gasteiger partial charge on any atom is 0.178 e. The second-order valence-electron chi connectivity index (χ2n) is 10.4. The van der Waals surface area contributed by atoms with Crippen molar-refractivity contribution in [3.8, 4) is 0 Å². The summed E-state index contributed by atoms with van der Waals surface area (Å²) in [5.41, 5.74) is 5.38. The van der Waals surface area contributed by atoms with Crippen LogP contribution in [-0.2, 0) is 57.5 Å². The summed E-state index contributed by atoms with van der Waals surface area (Å²) in [6, 6.07) is 0. The maximum atomic E-state index is 10.0. The van der Waals surface area contributed by atoms with E-state index in [9.17, 15) is 10.5 Å². The molecule has 4 heterocycles. The zero-order valence-electron chi connectivity index (χ0n) is 21.2. The normalized spacial score (nSPS) is 15.4. The Morgan fingerprint density at radius 1 is 0.667 bits per heavy atom. The van der Waals surface area contributed by atoms with Crippen LogP contribution in [0.2, 0.25) is 0 Å². The molecule has 0 aromatic carbocycles. The van der Waals surface area contributed by atoms with Gasteiger partial charge in [0, 0.05) is 95.1 Å². The van der Waals surface area contributed by atoms with Gasteiger partial charge in [0.05, 0.1) is 10.8 Å². The van der Waals surface area contributed by atoms with E-state index in [0.717, 1.165) is 86.5 Å². The summed E-state index contributed by atoms with van der Waals surface area (Å²) in [5, 5.41) is 31.9. The van der Waals surface area contributed by atoms with Gasteiger partial charge in [0.2, 0.25) is 0 Å². The van der Waals surface area contributed by atoms with Crippen LogP contribution in [0.15, 0.2) is 49.6 Å². The third-order valence-corrected chi connectivity index (χ3v) is 8.92. The molecule has 0 unspecified atom stereocenters. The van der Waals surface area contributed by atoms with Crippen molar-refractivity contribution in [3.63, 3.8) is 0 Å². The maximum absolute atomic E-state index is 10.0. The molecular weight excluding hydrogens is 540 g/mol. The summed E-state index contributed by atoms with van der Waals surface area (Å²) in [7, 11) is 0. The van der Waals surface area contributed by atoms with Crippen molar-refractivity contribution in [1.29, 1.82) is 0 Å². The monoisotopic (exact) mass is 568 g/mol. The third-order valence-electron chi connectivity index (χ3n) is 7.70. The van der Waals surface area contributed by atoms with E-state index in [1.165, 1.54) is 33.0 Å². The largest absolute Gasteiger partial charge is 0.691 e. The van der Waals surface area contributed by atoms with Crippen LogP contribution in [0.4, 0.5) is 0 Å². The molecule has 0 atom stereocenters. The van der Waals surface area contributed by atoms with Crippen molar-refractivity contribution in [3.05, 3.63) is 71.8 Å². The van der Waals surface area contributed by atoms with E-state index in [4.69, 9.17) is 0 Å². The minimum absolute atomic E-state index is 0.0502. The Morgan fingerprint density at radius 2 is 1.13 bits per heavy atom. The minimum Gasteiger partial charge on any atom is -0.691 e. The average Bonchev–Trinajstić information content (AvgIpc) is 2.92. The van der Waals surface area contributed by atoms with Crippen LogP contribution in [0.5, 0.6) is 0 Å². The fourth-order valence-electron chi connectivity index (χ4n) is 6.49. The van der Waals surface area contributed by atoms with Gasteiger partial charge < -0.3 is 10.5 Å². The van der Waals surface area contributed by atoms with Gasteiger partial charge in [-0.2, -0.15) is 8.67 Å². The van der Waals surface area contributed by atoms with E-state index in [1.807, 2.05) is 24.8 Å². The van der Waals surface area contributed by atoms with Crippen LogP contribution < -0.4 is 19.6 Å². The molecule has 4 aromatic rings. The van der Waals surface area contributed by atoms with Crippen molar-refractivity contribution in [1.82, 2.24) is 9.97 Å². The molecule has 10 nitrogen and oxygen atoms in total. The topological polar surface area (TPSA) is 117 Å². The number of pyridine rings is 4. The molecule has 204 valence electrons. The minimum atomic E-state index is 0.0502. The molecular formula is C27H28N4O6S2. The molecule has 12 heteroatoms. The third kappa shape index (κ3) is 5.74. The molecule has 0 amide bonds. The lowest BCUT2D eigenvalue weighted by Gasteiger charge is -2.40. The first-order chi connectivity index (χ1) is 19.2. The van der Waals surface area contributed by atoms with E-state index in [-0.39, 0.29) is 5.41 Å². The molecule has 6 rings (SSSR count). The summed E-state index contributed by atoms with van der Waals surface area (Å²) in [5.74, 6) is 1.33. The zero-order valence-corrected chi connectivity index (χ0v) is 22.9.